The molecule has 130 valence electrons. The van der Waals surface area contributed by atoms with Crippen LogP contribution in [0.2, 0.25) is 0 Å². The van der Waals surface area contributed by atoms with Crippen molar-refractivity contribution >= 4 is 16.8 Å². The summed E-state index contributed by atoms with van der Waals surface area (Å²) in [6.45, 7) is 4.02. The summed E-state index contributed by atoms with van der Waals surface area (Å²) in [5.41, 5.74) is 3.52. The normalized spacial score (nSPS) is 12.0. The molecule has 0 aliphatic carbocycles. The number of nitrogens with one attached hydrogen (secondary N) is 2. The Morgan fingerprint density at radius 1 is 1.12 bits per heavy atom. The maximum absolute atomic E-state index is 12.6. The van der Waals surface area contributed by atoms with Crippen molar-refractivity contribution in [2.24, 2.45) is 0 Å². The number of hydrogen-bond acceptors (Lipinski definition) is 3. The van der Waals surface area contributed by atoms with E-state index in [0.717, 1.165) is 22.0 Å². The van der Waals surface area contributed by atoms with E-state index in [9.17, 15) is 4.79 Å². The summed E-state index contributed by atoms with van der Waals surface area (Å²) in [5, 5.41) is 3.90. The van der Waals surface area contributed by atoms with E-state index in [4.69, 9.17) is 9.47 Å². The topological polar surface area (TPSA) is 63.4 Å². The number of hydrogen-bond donors (Lipinski definition) is 2. The van der Waals surface area contributed by atoms with Crippen molar-refractivity contribution in [1.82, 2.24) is 10.3 Å². The molecule has 0 aliphatic heterocycles. The van der Waals surface area contributed by atoms with E-state index in [2.05, 4.69) is 10.3 Å². The van der Waals surface area contributed by atoms with Crippen LogP contribution in [0.5, 0.6) is 11.5 Å². The van der Waals surface area contributed by atoms with Crippen LogP contribution in [0.3, 0.4) is 0 Å². The first kappa shape index (κ1) is 16.9. The van der Waals surface area contributed by atoms with Gasteiger partial charge in [-0.1, -0.05) is 24.3 Å². The fourth-order valence-corrected chi connectivity index (χ4v) is 3.01. The largest absolute Gasteiger partial charge is 0.497 e. The Bertz CT molecular complexity index is 914. The van der Waals surface area contributed by atoms with Crippen molar-refractivity contribution in [2.75, 3.05) is 14.2 Å². The Morgan fingerprint density at radius 2 is 1.88 bits per heavy atom. The number of ether oxygens (including phenoxy) is 2. The van der Waals surface area contributed by atoms with Crippen molar-refractivity contribution in [3.8, 4) is 11.5 Å². The van der Waals surface area contributed by atoms with Gasteiger partial charge in [0, 0.05) is 11.5 Å². The highest BCUT2D eigenvalue weighted by Gasteiger charge is 2.16. The maximum atomic E-state index is 12.6. The zero-order chi connectivity index (χ0) is 18.0. The van der Waals surface area contributed by atoms with Crippen LogP contribution in [0, 0.1) is 6.92 Å². The molecule has 0 radical (unpaired) electrons. The SMILES string of the molecule is COc1cc(OC)c2[nH]c(C(=O)N[C@H](C)c3ccccc3C)cc2c1. The summed E-state index contributed by atoms with van der Waals surface area (Å²) < 4.78 is 10.7. The summed E-state index contributed by atoms with van der Waals surface area (Å²) in [5.74, 6) is 1.16. The first-order valence-electron chi connectivity index (χ1n) is 8.14. The minimum Gasteiger partial charge on any atom is -0.497 e. The molecule has 0 saturated heterocycles. The summed E-state index contributed by atoms with van der Waals surface area (Å²) >= 11 is 0. The Balaban J connectivity index is 1.88. The highest BCUT2D eigenvalue weighted by molar-refractivity contribution is 6.00. The van der Waals surface area contributed by atoms with E-state index < -0.39 is 0 Å². The number of aromatic nitrogens is 1. The van der Waals surface area contributed by atoms with E-state index in [1.807, 2.05) is 44.2 Å². The lowest BCUT2D eigenvalue weighted by molar-refractivity contribution is 0.0935. The standard InChI is InChI=1S/C20H22N2O3/c1-12-7-5-6-8-16(12)13(2)21-20(23)17-10-14-9-15(24-3)11-18(25-4)19(14)22-17/h5-11,13,22H,1-4H3,(H,21,23)/t13-/m1/s1. The van der Waals surface area contributed by atoms with Gasteiger partial charge >= 0.3 is 0 Å². The lowest BCUT2D eigenvalue weighted by Gasteiger charge is -2.16. The smallest absolute Gasteiger partial charge is 0.268 e. The first-order valence-corrected chi connectivity index (χ1v) is 8.14. The number of methoxy groups -OCH3 is 2. The minimum atomic E-state index is -0.159. The Morgan fingerprint density at radius 3 is 2.56 bits per heavy atom. The first-order chi connectivity index (χ1) is 12.0. The number of fused-ring (bicyclic) bond motifs is 1. The molecule has 1 aromatic heterocycles. The predicted molar refractivity (Wildman–Crippen MR) is 98.5 cm³/mol. The average Bonchev–Trinajstić information content (AvgIpc) is 3.05. The Labute approximate surface area is 147 Å². The number of amides is 1. The van der Waals surface area contributed by atoms with Crippen LogP contribution in [-0.4, -0.2) is 25.1 Å². The number of benzene rings is 2. The molecule has 2 N–H and O–H groups in total. The molecule has 5 nitrogen and oxygen atoms in total. The summed E-state index contributed by atoms with van der Waals surface area (Å²) in [4.78, 5) is 15.8. The molecule has 2 aromatic carbocycles. The molecule has 1 heterocycles. The average molecular weight is 338 g/mol. The number of aromatic amines is 1. The van der Waals surface area contributed by atoms with Gasteiger partial charge < -0.3 is 19.8 Å². The van der Waals surface area contributed by atoms with Crippen LogP contribution in [-0.2, 0) is 0 Å². The van der Waals surface area contributed by atoms with Crippen LogP contribution < -0.4 is 14.8 Å². The highest BCUT2D eigenvalue weighted by atomic mass is 16.5. The molecule has 25 heavy (non-hydrogen) atoms. The van der Waals surface area contributed by atoms with Gasteiger partial charge in [-0.2, -0.15) is 0 Å². The molecule has 3 rings (SSSR count). The van der Waals surface area contributed by atoms with Crippen LogP contribution in [0.15, 0.2) is 42.5 Å². The van der Waals surface area contributed by atoms with Crippen LogP contribution >= 0.6 is 0 Å². The molecule has 0 fully saturated rings. The van der Waals surface area contributed by atoms with Gasteiger partial charge in [0.05, 0.1) is 25.8 Å². The third kappa shape index (κ3) is 3.31. The molecule has 0 saturated carbocycles. The van der Waals surface area contributed by atoms with Crippen molar-refractivity contribution in [1.29, 1.82) is 0 Å². The van der Waals surface area contributed by atoms with E-state index >= 15 is 0 Å². The van der Waals surface area contributed by atoms with Gasteiger partial charge in [-0.3, -0.25) is 4.79 Å². The molecule has 0 aliphatic rings. The van der Waals surface area contributed by atoms with Gasteiger partial charge in [-0.15, -0.1) is 0 Å². The Hall–Kier alpha value is -2.95. The second-order valence-corrected chi connectivity index (χ2v) is 6.03. The van der Waals surface area contributed by atoms with E-state index in [1.165, 1.54) is 0 Å². The summed E-state index contributed by atoms with van der Waals surface area (Å²) in [6, 6.07) is 13.4. The number of aryl methyl sites for hydroxylation is 1. The van der Waals surface area contributed by atoms with Gasteiger partial charge in [-0.05, 0) is 37.1 Å². The lowest BCUT2D eigenvalue weighted by Crippen LogP contribution is -2.27. The van der Waals surface area contributed by atoms with Crippen molar-refractivity contribution in [3.05, 3.63) is 59.3 Å². The molecular formula is C20H22N2O3. The van der Waals surface area contributed by atoms with Crippen LogP contribution in [0.4, 0.5) is 0 Å². The molecule has 1 amide bonds. The molecule has 0 bridgehead atoms. The van der Waals surface area contributed by atoms with Gasteiger partial charge in [-0.25, -0.2) is 0 Å². The van der Waals surface area contributed by atoms with E-state index in [-0.39, 0.29) is 11.9 Å². The van der Waals surface area contributed by atoms with E-state index in [0.29, 0.717) is 17.2 Å². The molecular weight excluding hydrogens is 316 g/mol. The van der Waals surface area contributed by atoms with E-state index in [1.54, 1.807) is 26.4 Å². The van der Waals surface area contributed by atoms with Gasteiger partial charge in [0.2, 0.25) is 0 Å². The number of H-pyrrole nitrogens is 1. The second-order valence-electron chi connectivity index (χ2n) is 6.03. The van der Waals surface area contributed by atoms with Crippen LogP contribution in [0.25, 0.3) is 10.9 Å². The fraction of sp³-hybridized carbons (Fsp3) is 0.250. The van der Waals surface area contributed by atoms with Crippen LogP contribution in [0.1, 0.15) is 34.6 Å². The zero-order valence-electron chi connectivity index (χ0n) is 14.8. The quantitative estimate of drug-likeness (QED) is 0.739. The number of carbonyl (C=O) groups excluding carboxylic acids is 1. The molecule has 1 atom stereocenters. The summed E-state index contributed by atoms with van der Waals surface area (Å²) in [6.07, 6.45) is 0. The molecule has 3 aromatic rings. The number of carbonyl (C=O) groups is 1. The highest BCUT2D eigenvalue weighted by Crippen LogP contribution is 2.31. The summed E-state index contributed by atoms with van der Waals surface area (Å²) in [7, 11) is 3.19. The predicted octanol–water partition coefficient (Wildman–Crippen LogP) is 3.98. The fourth-order valence-electron chi connectivity index (χ4n) is 3.01. The van der Waals surface area contributed by atoms with Gasteiger partial charge in [0.1, 0.15) is 17.2 Å². The zero-order valence-corrected chi connectivity index (χ0v) is 14.8. The second kappa shape index (κ2) is 6.89. The van der Waals surface area contributed by atoms with Crippen molar-refractivity contribution in [2.45, 2.75) is 19.9 Å². The molecule has 0 spiro atoms. The molecule has 0 unspecified atom stereocenters. The van der Waals surface area contributed by atoms with Gasteiger partial charge in [0.25, 0.3) is 5.91 Å². The van der Waals surface area contributed by atoms with Crippen molar-refractivity contribution in [3.63, 3.8) is 0 Å². The minimum absolute atomic E-state index is 0.0865. The maximum Gasteiger partial charge on any atom is 0.268 e. The van der Waals surface area contributed by atoms with Gasteiger partial charge in [0.15, 0.2) is 0 Å². The monoisotopic (exact) mass is 338 g/mol. The molecule has 5 heteroatoms. The van der Waals surface area contributed by atoms with Crippen molar-refractivity contribution < 1.29 is 14.3 Å². The third-order valence-corrected chi connectivity index (χ3v) is 4.37. The lowest BCUT2D eigenvalue weighted by atomic mass is 10.0. The third-order valence-electron chi connectivity index (χ3n) is 4.37. The Kier molecular flexibility index (Phi) is 4.65. The number of rotatable bonds is 5.